The van der Waals surface area contributed by atoms with Crippen LogP contribution in [0.1, 0.15) is 13.8 Å². The Morgan fingerprint density at radius 1 is 0.750 bits per heavy atom. The molecule has 7 heteroatoms. The van der Waals surface area contributed by atoms with Gasteiger partial charge in [-0.25, -0.2) is 14.0 Å². The van der Waals surface area contributed by atoms with E-state index >= 15 is 4.39 Å². The zero-order valence-corrected chi connectivity index (χ0v) is 20.4. The number of rotatable bonds is 10. The standard InChI is InChI=1S/C29H27FO6/c1-18(2)28(31)35-13-12-34-23-9-6-20(7-10-23)21-8-11-26(27(30)16-21)22-14-24(33-5)17-25(15-22)36-29(32)19(3)4/h6-11,14-17H,1,3,12-13H2,2,4-5H3. The van der Waals surface area contributed by atoms with E-state index in [1.165, 1.54) is 13.2 Å². The zero-order valence-electron chi connectivity index (χ0n) is 20.4. The van der Waals surface area contributed by atoms with Crippen LogP contribution in [0.15, 0.2) is 85.0 Å². The lowest BCUT2D eigenvalue weighted by Gasteiger charge is -2.12. The van der Waals surface area contributed by atoms with Crippen molar-refractivity contribution in [3.8, 4) is 39.5 Å². The Morgan fingerprint density at radius 3 is 2.00 bits per heavy atom. The van der Waals surface area contributed by atoms with E-state index in [2.05, 4.69) is 13.2 Å². The third-order valence-corrected chi connectivity index (χ3v) is 5.08. The van der Waals surface area contributed by atoms with Gasteiger partial charge < -0.3 is 18.9 Å². The molecule has 0 saturated carbocycles. The van der Waals surface area contributed by atoms with Crippen molar-refractivity contribution in [3.05, 3.63) is 90.8 Å². The van der Waals surface area contributed by atoms with Crippen LogP contribution in [0.2, 0.25) is 0 Å². The largest absolute Gasteiger partial charge is 0.497 e. The van der Waals surface area contributed by atoms with Gasteiger partial charge in [-0.05, 0) is 60.9 Å². The molecule has 0 saturated heterocycles. The molecule has 0 aliphatic carbocycles. The molecular formula is C29H27FO6. The summed E-state index contributed by atoms with van der Waals surface area (Å²) in [7, 11) is 1.48. The molecule has 3 rings (SSSR count). The van der Waals surface area contributed by atoms with Crippen LogP contribution >= 0.6 is 0 Å². The van der Waals surface area contributed by atoms with Crippen molar-refractivity contribution in [1.29, 1.82) is 0 Å². The summed E-state index contributed by atoms with van der Waals surface area (Å²) < 4.78 is 36.3. The van der Waals surface area contributed by atoms with Gasteiger partial charge in [0.1, 0.15) is 36.3 Å². The highest BCUT2D eigenvalue weighted by atomic mass is 19.1. The zero-order chi connectivity index (χ0) is 26.2. The molecule has 186 valence electrons. The molecule has 0 unspecified atom stereocenters. The third-order valence-electron chi connectivity index (χ3n) is 5.08. The van der Waals surface area contributed by atoms with Gasteiger partial charge in [-0.1, -0.05) is 37.4 Å². The van der Waals surface area contributed by atoms with Crippen LogP contribution in [0.25, 0.3) is 22.3 Å². The molecule has 6 nitrogen and oxygen atoms in total. The van der Waals surface area contributed by atoms with Gasteiger partial charge in [0.2, 0.25) is 0 Å². The van der Waals surface area contributed by atoms with Crippen LogP contribution in [-0.2, 0) is 14.3 Å². The highest BCUT2D eigenvalue weighted by molar-refractivity contribution is 5.89. The highest BCUT2D eigenvalue weighted by Gasteiger charge is 2.13. The molecule has 0 spiro atoms. The summed E-state index contributed by atoms with van der Waals surface area (Å²) in [6.07, 6.45) is 0. The van der Waals surface area contributed by atoms with E-state index in [0.717, 1.165) is 5.56 Å². The normalized spacial score (nSPS) is 10.3. The average Bonchev–Trinajstić information content (AvgIpc) is 2.86. The SMILES string of the molecule is C=C(C)C(=O)OCCOc1ccc(-c2ccc(-c3cc(OC)cc(OC(=O)C(=C)C)c3)c(F)c2)cc1. The van der Waals surface area contributed by atoms with Crippen molar-refractivity contribution in [1.82, 2.24) is 0 Å². The number of carbonyl (C=O) groups excluding carboxylic acids is 2. The first-order valence-corrected chi connectivity index (χ1v) is 11.1. The lowest BCUT2D eigenvalue weighted by atomic mass is 9.99. The van der Waals surface area contributed by atoms with Crippen LogP contribution in [-0.4, -0.2) is 32.3 Å². The van der Waals surface area contributed by atoms with Crippen molar-refractivity contribution in [2.75, 3.05) is 20.3 Å². The second-order valence-electron chi connectivity index (χ2n) is 8.05. The molecular weight excluding hydrogens is 463 g/mol. The Hall–Kier alpha value is -4.39. The first kappa shape index (κ1) is 26.2. The Kier molecular flexibility index (Phi) is 8.62. The minimum atomic E-state index is -0.578. The summed E-state index contributed by atoms with van der Waals surface area (Å²) in [5.74, 6) is -0.243. The van der Waals surface area contributed by atoms with Crippen LogP contribution in [0.3, 0.4) is 0 Å². The summed E-state index contributed by atoms with van der Waals surface area (Å²) in [6, 6.07) is 16.8. The molecule has 36 heavy (non-hydrogen) atoms. The second-order valence-corrected chi connectivity index (χ2v) is 8.05. The van der Waals surface area contributed by atoms with E-state index in [4.69, 9.17) is 18.9 Å². The summed E-state index contributed by atoms with van der Waals surface area (Å²) in [4.78, 5) is 23.3. The molecule has 0 heterocycles. The molecule has 0 fully saturated rings. The third kappa shape index (κ3) is 6.82. The smallest absolute Gasteiger partial charge is 0.338 e. The van der Waals surface area contributed by atoms with Crippen LogP contribution < -0.4 is 14.2 Å². The van der Waals surface area contributed by atoms with Gasteiger partial charge in [0, 0.05) is 22.8 Å². The monoisotopic (exact) mass is 490 g/mol. The Morgan fingerprint density at radius 2 is 1.39 bits per heavy atom. The molecule has 0 bridgehead atoms. The summed E-state index contributed by atoms with van der Waals surface area (Å²) in [5.41, 5.74) is 2.87. The van der Waals surface area contributed by atoms with E-state index < -0.39 is 17.8 Å². The molecule has 0 aliphatic heterocycles. The summed E-state index contributed by atoms with van der Waals surface area (Å²) in [5, 5.41) is 0. The minimum Gasteiger partial charge on any atom is -0.497 e. The number of methoxy groups -OCH3 is 1. The molecule has 0 N–H and O–H groups in total. The first-order chi connectivity index (χ1) is 17.2. The average molecular weight is 491 g/mol. The Labute approximate surface area is 209 Å². The molecule has 3 aromatic rings. The fourth-order valence-electron chi connectivity index (χ4n) is 3.19. The fourth-order valence-corrected chi connectivity index (χ4v) is 3.19. The number of carbonyl (C=O) groups is 2. The fraction of sp³-hybridized carbons (Fsp3) is 0.172. The van der Waals surface area contributed by atoms with Gasteiger partial charge in [-0.3, -0.25) is 0 Å². The summed E-state index contributed by atoms with van der Waals surface area (Å²) in [6.45, 7) is 10.5. The second kappa shape index (κ2) is 11.8. The quantitative estimate of drug-likeness (QED) is 0.147. The lowest BCUT2D eigenvalue weighted by molar-refractivity contribution is -0.139. The molecule has 0 amide bonds. The van der Waals surface area contributed by atoms with Gasteiger partial charge in [-0.2, -0.15) is 0 Å². The minimum absolute atomic E-state index is 0.110. The molecule has 0 atom stereocenters. The topological polar surface area (TPSA) is 71.1 Å². The number of hydrogen-bond acceptors (Lipinski definition) is 6. The van der Waals surface area contributed by atoms with Crippen molar-refractivity contribution < 1.29 is 32.9 Å². The van der Waals surface area contributed by atoms with Crippen LogP contribution in [0.4, 0.5) is 4.39 Å². The van der Waals surface area contributed by atoms with Crippen molar-refractivity contribution in [2.24, 2.45) is 0 Å². The molecule has 0 aliphatic rings. The molecule has 0 radical (unpaired) electrons. The maximum Gasteiger partial charge on any atom is 0.338 e. The van der Waals surface area contributed by atoms with E-state index in [-0.39, 0.29) is 24.5 Å². The number of ether oxygens (including phenoxy) is 4. The lowest BCUT2D eigenvalue weighted by Crippen LogP contribution is -2.12. The van der Waals surface area contributed by atoms with E-state index in [0.29, 0.717) is 33.8 Å². The van der Waals surface area contributed by atoms with Gasteiger partial charge in [0.05, 0.1) is 7.11 Å². The number of hydrogen-bond donors (Lipinski definition) is 0. The van der Waals surface area contributed by atoms with Gasteiger partial charge >= 0.3 is 11.9 Å². The predicted molar refractivity (Wildman–Crippen MR) is 136 cm³/mol. The first-order valence-electron chi connectivity index (χ1n) is 11.1. The number of esters is 2. The van der Waals surface area contributed by atoms with Gasteiger partial charge in [0.25, 0.3) is 0 Å². The Bertz CT molecular complexity index is 1290. The maximum absolute atomic E-state index is 15.2. The van der Waals surface area contributed by atoms with Gasteiger partial charge in [0.15, 0.2) is 0 Å². The van der Waals surface area contributed by atoms with E-state index in [1.807, 2.05) is 12.1 Å². The molecule has 3 aromatic carbocycles. The van der Waals surface area contributed by atoms with Gasteiger partial charge in [-0.15, -0.1) is 0 Å². The van der Waals surface area contributed by atoms with Crippen molar-refractivity contribution in [2.45, 2.75) is 13.8 Å². The van der Waals surface area contributed by atoms with Crippen molar-refractivity contribution in [3.63, 3.8) is 0 Å². The van der Waals surface area contributed by atoms with Crippen molar-refractivity contribution >= 4 is 11.9 Å². The highest BCUT2D eigenvalue weighted by Crippen LogP contribution is 2.34. The van der Waals surface area contributed by atoms with E-state index in [9.17, 15) is 9.59 Å². The summed E-state index contributed by atoms with van der Waals surface area (Å²) >= 11 is 0. The number of halogens is 1. The predicted octanol–water partition coefficient (Wildman–Crippen LogP) is 6.15. The Balaban J connectivity index is 1.74. The maximum atomic E-state index is 15.2. The molecule has 0 aromatic heterocycles. The van der Waals surface area contributed by atoms with Crippen LogP contribution in [0.5, 0.6) is 17.2 Å². The van der Waals surface area contributed by atoms with Crippen LogP contribution in [0, 0.1) is 5.82 Å². The number of benzene rings is 3. The van der Waals surface area contributed by atoms with E-state index in [1.54, 1.807) is 56.3 Å².